The lowest BCUT2D eigenvalue weighted by Gasteiger charge is -2.18. The molecule has 0 amide bonds. The van der Waals surface area contributed by atoms with E-state index in [0.29, 0.717) is 0 Å². The molecule has 0 saturated carbocycles. The standard InChI is InChI=1S/C5H13N2O5P/c6-1-3(2-13(10,11)12)4(7)5(8)9/h3-4H,1-2,6-7H2,(H,8,9)(H2,10,11,12)/t3?,4-/m1/s1. The van der Waals surface area contributed by atoms with E-state index in [0.717, 1.165) is 0 Å². The summed E-state index contributed by atoms with van der Waals surface area (Å²) < 4.78 is 10.5. The zero-order valence-corrected chi connectivity index (χ0v) is 7.72. The van der Waals surface area contributed by atoms with Crippen LogP contribution in [0.5, 0.6) is 0 Å². The van der Waals surface area contributed by atoms with E-state index < -0.39 is 31.7 Å². The Labute approximate surface area is 74.9 Å². The minimum atomic E-state index is -4.26. The molecule has 1 unspecified atom stereocenters. The van der Waals surface area contributed by atoms with Crippen LogP contribution in [0.25, 0.3) is 0 Å². The molecular weight excluding hydrogens is 199 g/mol. The molecule has 0 aliphatic rings. The van der Waals surface area contributed by atoms with Crippen LogP contribution in [0.15, 0.2) is 0 Å². The second kappa shape index (κ2) is 4.69. The van der Waals surface area contributed by atoms with E-state index in [9.17, 15) is 9.36 Å². The summed E-state index contributed by atoms with van der Waals surface area (Å²) in [6.45, 7) is -0.168. The van der Waals surface area contributed by atoms with Crippen molar-refractivity contribution in [2.75, 3.05) is 12.7 Å². The van der Waals surface area contributed by atoms with Gasteiger partial charge in [0.2, 0.25) is 0 Å². The van der Waals surface area contributed by atoms with Gasteiger partial charge in [-0.15, -0.1) is 0 Å². The molecule has 7 N–H and O–H groups in total. The van der Waals surface area contributed by atoms with E-state index in [1.807, 2.05) is 0 Å². The summed E-state index contributed by atoms with van der Waals surface area (Å²) in [5, 5.41) is 8.45. The Hall–Kier alpha value is -0.460. The highest BCUT2D eigenvalue weighted by Gasteiger charge is 2.29. The van der Waals surface area contributed by atoms with Crippen molar-refractivity contribution in [1.29, 1.82) is 0 Å². The van der Waals surface area contributed by atoms with Gasteiger partial charge in [-0.25, -0.2) is 0 Å². The van der Waals surface area contributed by atoms with Crippen LogP contribution in [0.3, 0.4) is 0 Å². The lowest BCUT2D eigenvalue weighted by Crippen LogP contribution is -2.43. The molecule has 0 aromatic heterocycles. The van der Waals surface area contributed by atoms with E-state index in [1.54, 1.807) is 0 Å². The molecule has 0 aromatic rings. The van der Waals surface area contributed by atoms with Crippen LogP contribution >= 0.6 is 7.60 Å². The van der Waals surface area contributed by atoms with Gasteiger partial charge in [0, 0.05) is 5.92 Å². The van der Waals surface area contributed by atoms with E-state index in [2.05, 4.69) is 0 Å². The molecule has 0 rings (SSSR count). The first-order valence-corrected chi connectivity index (χ1v) is 5.30. The minimum Gasteiger partial charge on any atom is -0.480 e. The van der Waals surface area contributed by atoms with Gasteiger partial charge in [-0.1, -0.05) is 0 Å². The summed E-state index contributed by atoms with van der Waals surface area (Å²) in [5.41, 5.74) is 10.3. The fourth-order valence-corrected chi connectivity index (χ4v) is 1.83. The number of rotatable bonds is 5. The predicted octanol–water partition coefficient (Wildman–Crippen LogP) is -1.85. The Morgan fingerprint density at radius 1 is 1.46 bits per heavy atom. The van der Waals surface area contributed by atoms with Crippen LogP contribution in [0.4, 0.5) is 0 Å². The highest BCUT2D eigenvalue weighted by molar-refractivity contribution is 7.51. The molecule has 0 spiro atoms. The number of aliphatic carboxylic acids is 1. The van der Waals surface area contributed by atoms with Gasteiger partial charge >= 0.3 is 13.6 Å². The Morgan fingerprint density at radius 3 is 2.15 bits per heavy atom. The van der Waals surface area contributed by atoms with Crippen molar-refractivity contribution in [3.8, 4) is 0 Å². The lowest BCUT2D eigenvalue weighted by molar-refractivity contribution is -0.139. The van der Waals surface area contributed by atoms with E-state index in [1.165, 1.54) is 0 Å². The normalized spacial score (nSPS) is 16.6. The quantitative estimate of drug-likeness (QED) is 0.336. The van der Waals surface area contributed by atoms with Crippen molar-refractivity contribution in [2.24, 2.45) is 17.4 Å². The van der Waals surface area contributed by atoms with Crippen molar-refractivity contribution in [3.05, 3.63) is 0 Å². The largest absolute Gasteiger partial charge is 0.480 e. The summed E-state index contributed by atoms with van der Waals surface area (Å²) in [4.78, 5) is 27.5. The summed E-state index contributed by atoms with van der Waals surface area (Å²) in [6, 6.07) is -1.34. The first-order valence-electron chi connectivity index (χ1n) is 3.51. The molecule has 0 fully saturated rings. The van der Waals surface area contributed by atoms with Crippen LogP contribution < -0.4 is 11.5 Å². The second-order valence-electron chi connectivity index (χ2n) is 2.71. The maximum atomic E-state index is 10.5. The summed E-state index contributed by atoms with van der Waals surface area (Å²) in [5.74, 6) is -2.22. The zero-order chi connectivity index (χ0) is 10.6. The molecule has 7 nitrogen and oxygen atoms in total. The van der Waals surface area contributed by atoms with Gasteiger partial charge in [-0.05, 0) is 6.54 Å². The molecule has 0 aliphatic heterocycles. The maximum Gasteiger partial charge on any atom is 0.325 e. The number of nitrogens with two attached hydrogens (primary N) is 2. The number of carboxylic acids is 1. The van der Waals surface area contributed by atoms with Gasteiger partial charge in [0.25, 0.3) is 0 Å². The van der Waals surface area contributed by atoms with Crippen LogP contribution in [-0.2, 0) is 9.36 Å². The highest BCUT2D eigenvalue weighted by Crippen LogP contribution is 2.37. The summed E-state index contributed by atoms with van der Waals surface area (Å²) in [6.07, 6.45) is -0.600. The molecule has 0 heterocycles. The summed E-state index contributed by atoms with van der Waals surface area (Å²) >= 11 is 0. The number of carbonyl (C=O) groups is 1. The summed E-state index contributed by atoms with van der Waals surface area (Å²) in [7, 11) is -4.26. The molecule has 78 valence electrons. The van der Waals surface area contributed by atoms with Crippen LogP contribution in [0.1, 0.15) is 0 Å². The molecular formula is C5H13N2O5P. The van der Waals surface area contributed by atoms with Gasteiger partial charge in [-0.2, -0.15) is 0 Å². The minimum absolute atomic E-state index is 0.168. The topological polar surface area (TPSA) is 147 Å². The second-order valence-corrected chi connectivity index (χ2v) is 4.40. The molecule has 0 aromatic carbocycles. The maximum absolute atomic E-state index is 10.5. The Bertz CT molecular complexity index is 227. The molecule has 2 atom stereocenters. The van der Waals surface area contributed by atoms with Crippen LogP contribution in [0, 0.1) is 5.92 Å². The third-order valence-electron chi connectivity index (χ3n) is 1.57. The molecule has 0 saturated heterocycles. The van der Waals surface area contributed by atoms with Crippen molar-refractivity contribution >= 4 is 13.6 Å². The first-order chi connectivity index (χ1) is 5.78. The van der Waals surface area contributed by atoms with E-state index in [4.69, 9.17) is 26.4 Å². The van der Waals surface area contributed by atoms with Gasteiger partial charge in [0.15, 0.2) is 0 Å². The van der Waals surface area contributed by atoms with Gasteiger partial charge in [-0.3, -0.25) is 9.36 Å². The van der Waals surface area contributed by atoms with Crippen LogP contribution in [0.2, 0.25) is 0 Å². The number of carboxylic acid groups (broad SMARTS) is 1. The third kappa shape index (κ3) is 4.97. The number of hydrogen-bond donors (Lipinski definition) is 5. The first kappa shape index (κ1) is 12.5. The fourth-order valence-electron chi connectivity index (χ4n) is 0.842. The van der Waals surface area contributed by atoms with Crippen molar-refractivity contribution in [2.45, 2.75) is 6.04 Å². The molecule has 0 bridgehead atoms. The van der Waals surface area contributed by atoms with Crippen LogP contribution in [-0.4, -0.2) is 39.6 Å². The molecule has 13 heavy (non-hydrogen) atoms. The van der Waals surface area contributed by atoms with E-state index >= 15 is 0 Å². The smallest absolute Gasteiger partial charge is 0.325 e. The van der Waals surface area contributed by atoms with Crippen molar-refractivity contribution < 1.29 is 24.3 Å². The van der Waals surface area contributed by atoms with Gasteiger partial charge < -0.3 is 26.4 Å². The van der Waals surface area contributed by atoms with E-state index in [-0.39, 0.29) is 6.54 Å². The third-order valence-corrected chi connectivity index (χ3v) is 2.51. The van der Waals surface area contributed by atoms with Crippen molar-refractivity contribution in [3.63, 3.8) is 0 Å². The molecule has 8 heteroatoms. The lowest BCUT2D eigenvalue weighted by atomic mass is 10.0. The zero-order valence-electron chi connectivity index (χ0n) is 6.83. The van der Waals surface area contributed by atoms with Gasteiger partial charge in [0.1, 0.15) is 6.04 Å². The fraction of sp³-hybridized carbons (Fsp3) is 0.800. The number of hydrogen-bond acceptors (Lipinski definition) is 4. The Kier molecular flexibility index (Phi) is 4.52. The monoisotopic (exact) mass is 212 g/mol. The SMILES string of the molecule is NCC(CP(=O)(O)O)[C@@H](N)C(=O)O. The predicted molar refractivity (Wildman–Crippen MR) is 45.1 cm³/mol. The Balaban J connectivity index is 4.35. The Morgan fingerprint density at radius 2 is 1.92 bits per heavy atom. The van der Waals surface area contributed by atoms with Crippen molar-refractivity contribution in [1.82, 2.24) is 0 Å². The van der Waals surface area contributed by atoms with Gasteiger partial charge in [0.05, 0.1) is 6.16 Å². The molecule has 0 aliphatic carbocycles. The molecule has 0 radical (unpaired) electrons. The highest BCUT2D eigenvalue weighted by atomic mass is 31.2. The average molecular weight is 212 g/mol. The average Bonchev–Trinajstić information content (AvgIpc) is 1.97.